The largest absolute Gasteiger partial charge is 0.245 e. The van der Waals surface area contributed by atoms with Gasteiger partial charge in [-0.15, -0.1) is 0 Å². The van der Waals surface area contributed by atoms with E-state index in [1.54, 1.807) is 10.4 Å². The van der Waals surface area contributed by atoms with E-state index in [2.05, 4.69) is 165 Å². The van der Waals surface area contributed by atoms with Crippen LogP contribution in [-0.4, -0.2) is 18.0 Å². The van der Waals surface area contributed by atoms with Gasteiger partial charge in [0.15, 0.2) is 0 Å². The highest BCUT2D eigenvalue weighted by Gasteiger charge is 2.38. The van der Waals surface area contributed by atoms with Crippen LogP contribution in [0.5, 0.6) is 0 Å². The second-order valence-corrected chi connectivity index (χ2v) is 18.1. The predicted octanol–water partition coefficient (Wildman–Crippen LogP) is 10.9. The average molecular weight is 641 g/mol. The lowest BCUT2D eigenvalue weighted by atomic mass is 9.89. The van der Waals surface area contributed by atoms with E-state index in [-0.39, 0.29) is 0 Å². The van der Waals surface area contributed by atoms with Gasteiger partial charge in [0.1, 0.15) is 8.07 Å². The lowest BCUT2D eigenvalue weighted by Crippen LogP contribution is -2.49. The summed E-state index contributed by atoms with van der Waals surface area (Å²) in [4.78, 5) is 10.3. The Morgan fingerprint density at radius 2 is 0.959 bits per heavy atom. The van der Waals surface area contributed by atoms with Crippen molar-refractivity contribution in [3.05, 3.63) is 158 Å². The highest BCUT2D eigenvalue weighted by Crippen LogP contribution is 2.42. The Labute approximate surface area is 286 Å². The summed E-state index contributed by atoms with van der Waals surface area (Å²) in [6.07, 6.45) is 0. The second-order valence-electron chi connectivity index (χ2n) is 13.8. The van der Waals surface area contributed by atoms with Gasteiger partial charge in [-0.3, -0.25) is 0 Å². The fourth-order valence-electron chi connectivity index (χ4n) is 8.15. The molecule has 0 aliphatic carbocycles. The first-order valence-electron chi connectivity index (χ1n) is 17.0. The maximum absolute atomic E-state index is 5.21. The summed E-state index contributed by atoms with van der Waals surface area (Å²) >= 11 is 0. The monoisotopic (exact) mass is 640 g/mol. The molecule has 0 unspecified atom stereocenters. The van der Waals surface area contributed by atoms with Crippen LogP contribution in [0.3, 0.4) is 0 Å². The number of aromatic nitrogens is 2. The number of rotatable bonds is 3. The number of fused-ring (bicyclic) bond motifs is 10. The minimum absolute atomic E-state index is 0.928. The zero-order valence-corrected chi connectivity index (χ0v) is 28.4. The minimum Gasteiger partial charge on any atom is -0.245 e. The number of hydrogen-bond donors (Lipinski definition) is 0. The van der Waals surface area contributed by atoms with Crippen LogP contribution in [0, 0.1) is 0 Å². The van der Waals surface area contributed by atoms with Crippen LogP contribution in [0.4, 0.5) is 0 Å². The molecule has 1 aliphatic heterocycles. The van der Waals surface area contributed by atoms with Crippen molar-refractivity contribution in [2.75, 3.05) is 0 Å². The molecule has 3 heterocycles. The first-order chi connectivity index (χ1) is 24.0. The van der Waals surface area contributed by atoms with Gasteiger partial charge in [0.25, 0.3) is 0 Å². The van der Waals surface area contributed by atoms with Crippen molar-refractivity contribution in [2.45, 2.75) is 13.1 Å². The van der Waals surface area contributed by atoms with Crippen molar-refractivity contribution in [3.8, 4) is 44.8 Å². The molecule has 2 aromatic heterocycles. The molecule has 0 bridgehead atoms. The van der Waals surface area contributed by atoms with Crippen LogP contribution in [0.15, 0.2) is 158 Å². The van der Waals surface area contributed by atoms with E-state index < -0.39 is 8.07 Å². The zero-order valence-electron chi connectivity index (χ0n) is 27.4. The third-order valence-electron chi connectivity index (χ3n) is 10.6. The molecule has 3 heteroatoms. The molecular weight excluding hydrogens is 609 g/mol. The van der Waals surface area contributed by atoms with Crippen LogP contribution in [0.1, 0.15) is 0 Å². The molecule has 2 nitrogen and oxygen atoms in total. The Morgan fingerprint density at radius 3 is 1.67 bits per heavy atom. The topological polar surface area (TPSA) is 25.8 Å². The molecule has 10 rings (SSSR count). The minimum atomic E-state index is -1.76. The fraction of sp³-hybridized carbons (Fsp3) is 0.0435. The molecule has 0 fully saturated rings. The molecule has 0 radical (unpaired) electrons. The number of nitrogens with zero attached hydrogens (tertiary/aromatic N) is 2. The number of benzene rings is 7. The van der Waals surface area contributed by atoms with Crippen LogP contribution in [-0.2, 0) is 0 Å². The van der Waals surface area contributed by atoms with E-state index in [0.29, 0.717) is 0 Å². The number of pyridine rings is 2. The molecule has 0 N–H and O–H groups in total. The quantitative estimate of drug-likeness (QED) is 0.142. The maximum Gasteiger partial charge on any atom is 0.113 e. The Kier molecular flexibility index (Phi) is 6.06. The van der Waals surface area contributed by atoms with E-state index in [1.165, 1.54) is 43.8 Å². The van der Waals surface area contributed by atoms with Gasteiger partial charge in [0.2, 0.25) is 0 Å². The molecule has 0 atom stereocenters. The summed E-state index contributed by atoms with van der Waals surface area (Å²) in [5, 5.41) is 10.6. The Morgan fingerprint density at radius 1 is 0.408 bits per heavy atom. The van der Waals surface area contributed by atoms with Crippen molar-refractivity contribution in [1.29, 1.82) is 0 Å². The standard InChI is InChI=1S/C46H32N2Si/c1-49(2)41-15-9-8-14-37(41)44-42(49)27-24-34-28-38(35-12-6-7-13-36(35)43(34)44)29-16-18-31(19-17-29)40-26-23-33-21-20-32-22-25-39(30-10-4-3-5-11-30)47-45(32)46(33)48-40/h3-28H,1-2H3. The molecule has 0 saturated heterocycles. The van der Waals surface area contributed by atoms with Crippen molar-refractivity contribution in [1.82, 2.24) is 9.97 Å². The van der Waals surface area contributed by atoms with Gasteiger partial charge < -0.3 is 0 Å². The Hall–Kier alpha value is -5.90. The third kappa shape index (κ3) is 4.26. The first-order valence-corrected chi connectivity index (χ1v) is 20.0. The van der Waals surface area contributed by atoms with Gasteiger partial charge in [-0.1, -0.05) is 153 Å². The maximum atomic E-state index is 5.21. The third-order valence-corrected chi connectivity index (χ3v) is 14.2. The smallest absolute Gasteiger partial charge is 0.113 e. The van der Waals surface area contributed by atoms with E-state index in [4.69, 9.17) is 9.97 Å². The predicted molar refractivity (Wildman–Crippen MR) is 211 cm³/mol. The van der Waals surface area contributed by atoms with Crippen molar-refractivity contribution in [3.63, 3.8) is 0 Å². The van der Waals surface area contributed by atoms with Gasteiger partial charge >= 0.3 is 0 Å². The molecular formula is C46H32N2Si. The highest BCUT2D eigenvalue weighted by molar-refractivity contribution is 7.04. The SMILES string of the molecule is C[Si]1(C)c2ccccc2-c2c1ccc1cc(-c3ccc(-c4ccc5ccc6ccc(-c7ccccc7)nc6c5n4)cc3)c3ccccc3c21. The molecule has 49 heavy (non-hydrogen) atoms. The highest BCUT2D eigenvalue weighted by atomic mass is 28.3. The van der Waals surface area contributed by atoms with Gasteiger partial charge in [-0.2, -0.15) is 0 Å². The molecule has 9 aromatic rings. The fourth-order valence-corrected chi connectivity index (χ4v) is 11.2. The van der Waals surface area contributed by atoms with E-state index >= 15 is 0 Å². The Balaban J connectivity index is 1.09. The van der Waals surface area contributed by atoms with Gasteiger partial charge in [0, 0.05) is 21.9 Å². The molecule has 7 aromatic carbocycles. The average Bonchev–Trinajstić information content (AvgIpc) is 3.40. The Bertz CT molecular complexity index is 2780. The van der Waals surface area contributed by atoms with Gasteiger partial charge in [-0.05, 0) is 72.4 Å². The second kappa shape index (κ2) is 10.5. The van der Waals surface area contributed by atoms with Crippen molar-refractivity contribution >= 4 is 61.8 Å². The summed E-state index contributed by atoms with van der Waals surface area (Å²) in [6, 6.07) is 57.3. The lowest BCUT2D eigenvalue weighted by molar-refractivity contribution is 1.36. The molecule has 0 amide bonds. The van der Waals surface area contributed by atoms with Crippen LogP contribution >= 0.6 is 0 Å². The van der Waals surface area contributed by atoms with Gasteiger partial charge in [-0.25, -0.2) is 9.97 Å². The summed E-state index contributed by atoms with van der Waals surface area (Å²) in [7, 11) is -1.76. The van der Waals surface area contributed by atoms with E-state index in [0.717, 1.165) is 44.3 Å². The van der Waals surface area contributed by atoms with Gasteiger partial charge in [0.05, 0.1) is 22.4 Å². The van der Waals surface area contributed by atoms with Crippen LogP contribution in [0.2, 0.25) is 13.1 Å². The molecule has 0 spiro atoms. The zero-order chi connectivity index (χ0) is 32.7. The van der Waals surface area contributed by atoms with Crippen LogP contribution in [0.25, 0.3) is 88.1 Å². The summed E-state index contributed by atoms with van der Waals surface area (Å²) in [5.41, 5.74) is 11.3. The molecule has 0 saturated carbocycles. The van der Waals surface area contributed by atoms with Crippen molar-refractivity contribution < 1.29 is 0 Å². The molecule has 1 aliphatic rings. The van der Waals surface area contributed by atoms with E-state index in [1.807, 2.05) is 6.07 Å². The summed E-state index contributed by atoms with van der Waals surface area (Å²) in [5.74, 6) is 0. The van der Waals surface area contributed by atoms with E-state index in [9.17, 15) is 0 Å². The first kappa shape index (κ1) is 28.1. The lowest BCUT2D eigenvalue weighted by Gasteiger charge is -2.19. The normalized spacial score (nSPS) is 13.3. The summed E-state index contributed by atoms with van der Waals surface area (Å²) in [6.45, 7) is 4.99. The number of hydrogen-bond acceptors (Lipinski definition) is 2. The summed E-state index contributed by atoms with van der Waals surface area (Å²) < 4.78 is 0. The van der Waals surface area contributed by atoms with Crippen LogP contribution < -0.4 is 10.4 Å². The van der Waals surface area contributed by atoms with Crippen molar-refractivity contribution in [2.24, 2.45) is 0 Å². The molecule has 230 valence electrons.